The molecule has 160 valence electrons. The highest BCUT2D eigenvalue weighted by Gasteiger charge is 2.35. The van der Waals surface area contributed by atoms with E-state index >= 15 is 0 Å². The minimum absolute atomic E-state index is 0.0240. The molecule has 2 aliphatic heterocycles. The van der Waals surface area contributed by atoms with Crippen LogP contribution in [0.5, 0.6) is 0 Å². The van der Waals surface area contributed by atoms with Crippen molar-refractivity contribution in [1.29, 1.82) is 0 Å². The van der Waals surface area contributed by atoms with Crippen LogP contribution in [0.3, 0.4) is 0 Å². The number of piperazine rings is 1. The second-order valence-electron chi connectivity index (χ2n) is 8.20. The topological polar surface area (TPSA) is 63.0 Å². The standard InChI is InChI=1S/C24H23N7S/c1-29-10-12-30(13-11-29)23-20-14-19(17-6-3-2-4-7-17)16-26-22(20)32-24-27-21(28-31(23)24)18-8-5-9-25-15-18/h2-9,14-16,23H,10-13H2,1H3/t23-/m1/s1. The average Bonchev–Trinajstić information content (AvgIpc) is 3.28. The maximum Gasteiger partial charge on any atom is 0.194 e. The molecule has 0 saturated carbocycles. The lowest BCUT2D eigenvalue weighted by Gasteiger charge is -2.39. The summed E-state index contributed by atoms with van der Waals surface area (Å²) in [6, 6.07) is 16.6. The fourth-order valence-corrected chi connectivity index (χ4v) is 5.25. The van der Waals surface area contributed by atoms with Crippen LogP contribution in [-0.4, -0.2) is 67.8 Å². The van der Waals surface area contributed by atoms with Crippen molar-refractivity contribution in [3.63, 3.8) is 0 Å². The smallest absolute Gasteiger partial charge is 0.194 e. The number of hydrogen-bond acceptors (Lipinski definition) is 7. The van der Waals surface area contributed by atoms with E-state index in [1.54, 1.807) is 18.0 Å². The van der Waals surface area contributed by atoms with Crippen molar-refractivity contribution < 1.29 is 0 Å². The molecule has 0 unspecified atom stereocenters. The number of rotatable bonds is 3. The molecule has 7 nitrogen and oxygen atoms in total. The van der Waals surface area contributed by atoms with E-state index in [4.69, 9.17) is 15.1 Å². The summed E-state index contributed by atoms with van der Waals surface area (Å²) in [5.41, 5.74) is 4.41. The third-order valence-electron chi connectivity index (χ3n) is 6.09. The van der Waals surface area contributed by atoms with Crippen LogP contribution in [0.25, 0.3) is 22.5 Å². The Bertz CT molecular complexity index is 1230. The van der Waals surface area contributed by atoms with E-state index in [2.05, 4.69) is 56.8 Å². The Morgan fingerprint density at radius 2 is 1.72 bits per heavy atom. The lowest BCUT2D eigenvalue weighted by atomic mass is 10.0. The molecule has 0 aliphatic carbocycles. The van der Waals surface area contributed by atoms with Crippen molar-refractivity contribution in [2.45, 2.75) is 16.3 Å². The van der Waals surface area contributed by atoms with Gasteiger partial charge in [-0.3, -0.25) is 9.88 Å². The summed E-state index contributed by atoms with van der Waals surface area (Å²) in [6.07, 6.45) is 5.53. The molecule has 1 fully saturated rings. The van der Waals surface area contributed by atoms with Crippen molar-refractivity contribution in [2.24, 2.45) is 0 Å². The Balaban J connectivity index is 1.46. The van der Waals surface area contributed by atoms with Crippen molar-refractivity contribution >= 4 is 11.8 Å². The van der Waals surface area contributed by atoms with Gasteiger partial charge in [0.15, 0.2) is 11.0 Å². The molecule has 1 aromatic carbocycles. The summed E-state index contributed by atoms with van der Waals surface area (Å²) in [5, 5.41) is 6.84. The van der Waals surface area contributed by atoms with Gasteiger partial charge < -0.3 is 4.90 Å². The SMILES string of the molecule is CN1CCN([C@H]2c3cc(-c4ccccc4)cnc3Sc3nc(-c4cccnc4)nn32)CC1. The molecule has 1 atom stereocenters. The molecule has 0 amide bonds. The first-order valence-corrected chi connectivity index (χ1v) is 11.6. The zero-order valence-corrected chi connectivity index (χ0v) is 18.6. The Kier molecular flexibility index (Phi) is 4.98. The van der Waals surface area contributed by atoms with Crippen molar-refractivity contribution in [3.8, 4) is 22.5 Å². The quantitative estimate of drug-likeness (QED) is 0.481. The molecule has 32 heavy (non-hydrogen) atoms. The number of likely N-dealkylation sites (N-methyl/N-ethyl adjacent to an activating group) is 1. The Morgan fingerprint density at radius 1 is 0.906 bits per heavy atom. The first kappa shape index (κ1) is 19.6. The molecule has 4 aromatic rings. The zero-order chi connectivity index (χ0) is 21.5. The highest BCUT2D eigenvalue weighted by atomic mass is 32.2. The van der Waals surface area contributed by atoms with Gasteiger partial charge in [-0.1, -0.05) is 30.3 Å². The van der Waals surface area contributed by atoms with Gasteiger partial charge in [0, 0.05) is 61.5 Å². The van der Waals surface area contributed by atoms with Gasteiger partial charge in [0.25, 0.3) is 0 Å². The molecule has 0 spiro atoms. The lowest BCUT2D eigenvalue weighted by molar-refractivity contribution is 0.0825. The second-order valence-corrected chi connectivity index (χ2v) is 9.16. The number of nitrogens with zero attached hydrogens (tertiary/aromatic N) is 7. The van der Waals surface area contributed by atoms with Gasteiger partial charge in [-0.2, -0.15) is 0 Å². The molecular weight excluding hydrogens is 418 g/mol. The van der Waals surface area contributed by atoms with Crippen LogP contribution in [0.15, 0.2) is 77.3 Å². The van der Waals surface area contributed by atoms with Gasteiger partial charge in [-0.05, 0) is 42.6 Å². The van der Waals surface area contributed by atoms with E-state index in [0.717, 1.165) is 47.5 Å². The maximum atomic E-state index is 4.96. The molecule has 6 rings (SSSR count). The predicted molar refractivity (Wildman–Crippen MR) is 124 cm³/mol. The zero-order valence-electron chi connectivity index (χ0n) is 17.8. The van der Waals surface area contributed by atoms with Gasteiger partial charge in [0.2, 0.25) is 0 Å². The monoisotopic (exact) mass is 441 g/mol. The van der Waals surface area contributed by atoms with E-state index in [-0.39, 0.29) is 6.17 Å². The molecule has 0 bridgehead atoms. The lowest BCUT2D eigenvalue weighted by Crippen LogP contribution is -2.48. The largest absolute Gasteiger partial charge is 0.304 e. The van der Waals surface area contributed by atoms with Crippen LogP contribution in [0.4, 0.5) is 0 Å². The molecule has 2 aliphatic rings. The van der Waals surface area contributed by atoms with E-state index in [1.165, 1.54) is 11.1 Å². The Labute approximate surface area is 191 Å². The first-order valence-electron chi connectivity index (χ1n) is 10.8. The summed E-state index contributed by atoms with van der Waals surface area (Å²) < 4.78 is 2.08. The number of benzene rings is 1. The minimum atomic E-state index is -0.0240. The summed E-state index contributed by atoms with van der Waals surface area (Å²) in [5.74, 6) is 0.704. The molecular formula is C24H23N7S. The summed E-state index contributed by atoms with van der Waals surface area (Å²) in [6.45, 7) is 4.01. The van der Waals surface area contributed by atoms with E-state index in [1.807, 2.05) is 30.6 Å². The highest BCUT2D eigenvalue weighted by molar-refractivity contribution is 7.99. The molecule has 0 N–H and O–H groups in total. The maximum absolute atomic E-state index is 4.96. The van der Waals surface area contributed by atoms with Crippen molar-refractivity contribution in [2.75, 3.05) is 33.2 Å². The van der Waals surface area contributed by atoms with Crippen molar-refractivity contribution in [1.82, 2.24) is 34.5 Å². The number of hydrogen-bond donors (Lipinski definition) is 0. The third kappa shape index (κ3) is 3.50. The van der Waals surface area contributed by atoms with Crippen molar-refractivity contribution in [3.05, 3.63) is 72.7 Å². The molecule has 0 radical (unpaired) electrons. The second kappa shape index (κ2) is 8.12. The predicted octanol–water partition coefficient (Wildman–Crippen LogP) is 3.66. The van der Waals surface area contributed by atoms with Gasteiger partial charge >= 0.3 is 0 Å². The van der Waals surface area contributed by atoms with Crippen LogP contribution in [-0.2, 0) is 0 Å². The summed E-state index contributed by atoms with van der Waals surface area (Å²) in [4.78, 5) is 18.8. The number of pyridine rings is 2. The minimum Gasteiger partial charge on any atom is -0.304 e. The van der Waals surface area contributed by atoms with Crippen LogP contribution in [0, 0.1) is 0 Å². The van der Waals surface area contributed by atoms with Gasteiger partial charge in [-0.15, -0.1) is 5.10 Å². The van der Waals surface area contributed by atoms with E-state index < -0.39 is 0 Å². The highest BCUT2D eigenvalue weighted by Crippen LogP contribution is 2.43. The van der Waals surface area contributed by atoms with Crippen LogP contribution < -0.4 is 0 Å². The summed E-state index contributed by atoms with van der Waals surface area (Å²) in [7, 11) is 2.18. The fourth-order valence-electron chi connectivity index (χ4n) is 4.32. The van der Waals surface area contributed by atoms with Gasteiger partial charge in [-0.25, -0.2) is 14.6 Å². The Morgan fingerprint density at radius 3 is 2.50 bits per heavy atom. The Hall–Kier alpha value is -3.07. The van der Waals surface area contributed by atoms with Gasteiger partial charge in [0.05, 0.1) is 0 Å². The summed E-state index contributed by atoms with van der Waals surface area (Å²) >= 11 is 1.59. The molecule has 8 heteroatoms. The normalized spacial score (nSPS) is 18.8. The fraction of sp³-hybridized carbons (Fsp3) is 0.250. The number of fused-ring (bicyclic) bond motifs is 2. The van der Waals surface area contributed by atoms with Gasteiger partial charge in [0.1, 0.15) is 11.2 Å². The molecule has 5 heterocycles. The van der Waals surface area contributed by atoms with Crippen LogP contribution in [0.1, 0.15) is 11.7 Å². The van der Waals surface area contributed by atoms with Crippen LogP contribution >= 0.6 is 11.8 Å². The molecule has 3 aromatic heterocycles. The first-order chi connectivity index (χ1) is 15.8. The van der Waals surface area contributed by atoms with Crippen LogP contribution in [0.2, 0.25) is 0 Å². The van der Waals surface area contributed by atoms with E-state index in [9.17, 15) is 0 Å². The third-order valence-corrected chi connectivity index (χ3v) is 7.08. The number of aromatic nitrogens is 5. The average molecular weight is 442 g/mol. The molecule has 1 saturated heterocycles. The van der Waals surface area contributed by atoms with E-state index in [0.29, 0.717) is 5.82 Å².